The first-order chi connectivity index (χ1) is 9.79. The first-order valence-corrected chi connectivity index (χ1v) is 8.28. The maximum absolute atomic E-state index is 5.95. The number of rotatable bonds is 5. The summed E-state index contributed by atoms with van der Waals surface area (Å²) in [6.07, 6.45) is 2.69. The van der Waals surface area contributed by atoms with E-state index in [0.717, 1.165) is 17.4 Å². The molecule has 0 amide bonds. The lowest BCUT2D eigenvalue weighted by molar-refractivity contribution is 0.331. The normalized spacial score (nSPS) is 15.7. The molecule has 0 radical (unpaired) electrons. The molecule has 4 heteroatoms. The van der Waals surface area contributed by atoms with E-state index in [9.17, 15) is 0 Å². The van der Waals surface area contributed by atoms with E-state index in [4.69, 9.17) is 11.6 Å². The van der Waals surface area contributed by atoms with Crippen molar-refractivity contribution in [3.63, 3.8) is 0 Å². The van der Waals surface area contributed by atoms with Gasteiger partial charge >= 0.3 is 0 Å². The Hall–Kier alpha value is -1.03. The van der Waals surface area contributed by atoms with Crippen LogP contribution in [-0.4, -0.2) is 18.0 Å². The SMILES string of the molecule is Clc1ccc(CNc2cccc(CN3CCCC3)c2)s1. The van der Waals surface area contributed by atoms with E-state index in [1.807, 2.05) is 6.07 Å². The number of nitrogens with zero attached hydrogens (tertiary/aromatic N) is 1. The van der Waals surface area contributed by atoms with Gasteiger partial charge in [-0.1, -0.05) is 23.7 Å². The van der Waals surface area contributed by atoms with Crippen LogP contribution in [0.5, 0.6) is 0 Å². The minimum atomic E-state index is 0.838. The summed E-state index contributed by atoms with van der Waals surface area (Å²) in [5.41, 5.74) is 2.58. The highest BCUT2D eigenvalue weighted by atomic mass is 35.5. The first kappa shape index (κ1) is 13.9. The van der Waals surface area contributed by atoms with Gasteiger partial charge in [-0.2, -0.15) is 0 Å². The largest absolute Gasteiger partial charge is 0.380 e. The van der Waals surface area contributed by atoms with E-state index in [1.54, 1.807) is 11.3 Å². The second-order valence-electron chi connectivity index (χ2n) is 5.24. The van der Waals surface area contributed by atoms with E-state index in [-0.39, 0.29) is 0 Å². The Morgan fingerprint density at radius 3 is 2.75 bits per heavy atom. The number of hydrogen-bond acceptors (Lipinski definition) is 3. The van der Waals surface area contributed by atoms with Gasteiger partial charge in [0.05, 0.1) is 4.34 Å². The minimum absolute atomic E-state index is 0.838. The summed E-state index contributed by atoms with van der Waals surface area (Å²) in [6.45, 7) is 4.39. The molecule has 0 bridgehead atoms. The van der Waals surface area contributed by atoms with Gasteiger partial charge in [0, 0.05) is 23.7 Å². The molecule has 0 spiro atoms. The van der Waals surface area contributed by atoms with E-state index in [1.165, 1.54) is 42.1 Å². The zero-order valence-electron chi connectivity index (χ0n) is 11.4. The summed E-state index contributed by atoms with van der Waals surface area (Å²) in [5.74, 6) is 0. The molecular weight excluding hydrogens is 288 g/mol. The molecule has 0 aliphatic carbocycles. The molecule has 2 heterocycles. The molecule has 1 N–H and O–H groups in total. The molecule has 1 aliphatic rings. The minimum Gasteiger partial charge on any atom is -0.380 e. The van der Waals surface area contributed by atoms with Crippen LogP contribution in [-0.2, 0) is 13.1 Å². The lowest BCUT2D eigenvalue weighted by Crippen LogP contribution is -2.18. The number of nitrogens with one attached hydrogen (secondary N) is 1. The topological polar surface area (TPSA) is 15.3 Å². The summed E-state index contributed by atoms with van der Waals surface area (Å²) in [4.78, 5) is 3.79. The van der Waals surface area contributed by atoms with Crippen molar-refractivity contribution in [2.45, 2.75) is 25.9 Å². The molecule has 1 fully saturated rings. The van der Waals surface area contributed by atoms with Gasteiger partial charge in [-0.25, -0.2) is 0 Å². The predicted molar refractivity (Wildman–Crippen MR) is 87.6 cm³/mol. The molecule has 20 heavy (non-hydrogen) atoms. The monoisotopic (exact) mass is 306 g/mol. The van der Waals surface area contributed by atoms with Gasteiger partial charge in [0.1, 0.15) is 0 Å². The summed E-state index contributed by atoms with van der Waals surface area (Å²) in [5, 5.41) is 3.47. The fourth-order valence-corrected chi connectivity index (χ4v) is 3.64. The van der Waals surface area contributed by atoms with Gasteiger partial charge in [-0.15, -0.1) is 11.3 Å². The molecule has 1 aromatic carbocycles. The molecule has 1 aromatic heterocycles. The zero-order chi connectivity index (χ0) is 13.8. The fraction of sp³-hybridized carbons (Fsp3) is 0.375. The molecule has 0 saturated carbocycles. The molecule has 0 unspecified atom stereocenters. The average molecular weight is 307 g/mol. The highest BCUT2D eigenvalue weighted by Crippen LogP contribution is 2.23. The highest BCUT2D eigenvalue weighted by molar-refractivity contribution is 7.16. The zero-order valence-corrected chi connectivity index (χ0v) is 13.0. The van der Waals surface area contributed by atoms with Gasteiger partial charge in [-0.3, -0.25) is 4.90 Å². The number of anilines is 1. The van der Waals surface area contributed by atoms with Gasteiger partial charge in [0.2, 0.25) is 0 Å². The number of thiophene rings is 1. The Balaban J connectivity index is 1.58. The molecule has 2 aromatic rings. The summed E-state index contributed by atoms with van der Waals surface area (Å²) in [7, 11) is 0. The van der Waals surface area contributed by atoms with Crippen LogP contribution in [0.1, 0.15) is 23.3 Å². The Labute approximate surface area is 129 Å². The second-order valence-corrected chi connectivity index (χ2v) is 7.04. The Morgan fingerprint density at radius 1 is 1.15 bits per heavy atom. The predicted octanol–water partition coefficient (Wildman–Crippen LogP) is 4.61. The molecule has 0 atom stereocenters. The summed E-state index contributed by atoms with van der Waals surface area (Å²) < 4.78 is 0.851. The molecule has 1 aliphatic heterocycles. The molecule has 106 valence electrons. The van der Waals surface area contributed by atoms with Crippen molar-refractivity contribution in [1.29, 1.82) is 0 Å². The average Bonchev–Trinajstić information content (AvgIpc) is 3.09. The maximum atomic E-state index is 5.95. The third kappa shape index (κ3) is 3.75. The van der Waals surface area contributed by atoms with Crippen molar-refractivity contribution in [2.75, 3.05) is 18.4 Å². The standard InChI is InChI=1S/C16H19ClN2S/c17-16-7-6-15(20-16)11-18-14-5-3-4-13(10-14)12-19-8-1-2-9-19/h3-7,10,18H,1-2,8-9,11-12H2. The van der Waals surface area contributed by atoms with E-state index >= 15 is 0 Å². The number of halogens is 1. The van der Waals surface area contributed by atoms with Crippen molar-refractivity contribution in [1.82, 2.24) is 4.90 Å². The number of likely N-dealkylation sites (tertiary alicyclic amines) is 1. The van der Waals surface area contributed by atoms with Gasteiger partial charge in [0.15, 0.2) is 0 Å². The Bertz CT molecular complexity index is 561. The van der Waals surface area contributed by atoms with Crippen LogP contribution in [0.4, 0.5) is 5.69 Å². The quantitative estimate of drug-likeness (QED) is 0.868. The van der Waals surface area contributed by atoms with Gasteiger partial charge in [-0.05, 0) is 55.8 Å². The number of benzene rings is 1. The van der Waals surface area contributed by atoms with Crippen LogP contribution >= 0.6 is 22.9 Å². The second kappa shape index (κ2) is 6.61. The van der Waals surface area contributed by atoms with Crippen LogP contribution < -0.4 is 5.32 Å². The lowest BCUT2D eigenvalue weighted by atomic mass is 10.2. The van der Waals surface area contributed by atoms with Crippen LogP contribution in [0, 0.1) is 0 Å². The van der Waals surface area contributed by atoms with Crippen molar-refractivity contribution < 1.29 is 0 Å². The summed E-state index contributed by atoms with van der Waals surface area (Å²) >= 11 is 7.58. The van der Waals surface area contributed by atoms with Crippen molar-refractivity contribution >= 4 is 28.6 Å². The van der Waals surface area contributed by atoms with E-state index < -0.39 is 0 Å². The molecular formula is C16H19ClN2S. The van der Waals surface area contributed by atoms with Crippen LogP contribution in [0.25, 0.3) is 0 Å². The smallest absolute Gasteiger partial charge is 0.0931 e. The van der Waals surface area contributed by atoms with Crippen LogP contribution in [0.15, 0.2) is 36.4 Å². The fourth-order valence-electron chi connectivity index (χ4n) is 2.61. The van der Waals surface area contributed by atoms with Crippen LogP contribution in [0.3, 0.4) is 0 Å². The third-order valence-corrected chi connectivity index (χ3v) is 4.86. The van der Waals surface area contributed by atoms with Gasteiger partial charge < -0.3 is 5.32 Å². The van der Waals surface area contributed by atoms with Crippen molar-refractivity contribution in [2.24, 2.45) is 0 Å². The maximum Gasteiger partial charge on any atom is 0.0931 e. The molecule has 2 nitrogen and oxygen atoms in total. The molecule has 3 rings (SSSR count). The lowest BCUT2D eigenvalue weighted by Gasteiger charge is -2.15. The van der Waals surface area contributed by atoms with Crippen molar-refractivity contribution in [3.05, 3.63) is 51.2 Å². The van der Waals surface area contributed by atoms with Crippen molar-refractivity contribution in [3.8, 4) is 0 Å². The number of hydrogen-bond donors (Lipinski definition) is 1. The van der Waals surface area contributed by atoms with E-state index in [2.05, 4.69) is 40.5 Å². The molecule has 1 saturated heterocycles. The first-order valence-electron chi connectivity index (χ1n) is 7.09. The summed E-state index contributed by atoms with van der Waals surface area (Å²) in [6, 6.07) is 12.8. The van der Waals surface area contributed by atoms with Crippen LogP contribution in [0.2, 0.25) is 4.34 Å². The highest BCUT2D eigenvalue weighted by Gasteiger charge is 2.11. The Kier molecular flexibility index (Phi) is 4.61. The third-order valence-electron chi connectivity index (χ3n) is 3.63. The van der Waals surface area contributed by atoms with Gasteiger partial charge in [0.25, 0.3) is 0 Å². The van der Waals surface area contributed by atoms with E-state index in [0.29, 0.717) is 0 Å². The Morgan fingerprint density at radius 2 is 2.00 bits per heavy atom.